The van der Waals surface area contributed by atoms with Crippen molar-refractivity contribution in [1.82, 2.24) is 9.97 Å². The average molecular weight is 446 g/mol. The summed E-state index contributed by atoms with van der Waals surface area (Å²) >= 11 is 0. The Morgan fingerprint density at radius 1 is 0.812 bits per heavy atom. The molecule has 8 heteroatoms. The second kappa shape index (κ2) is 8.47. The van der Waals surface area contributed by atoms with E-state index in [-0.39, 0.29) is 4.90 Å². The fraction of sp³-hybridized carbons (Fsp3) is 0.167. The van der Waals surface area contributed by atoms with E-state index >= 15 is 0 Å². The number of hydrogen-bond acceptors (Lipinski definition) is 6. The predicted octanol–water partition coefficient (Wildman–Crippen LogP) is 4.77. The van der Waals surface area contributed by atoms with E-state index in [9.17, 15) is 8.42 Å². The number of hydrogen-bond donors (Lipinski definition) is 2. The molecule has 0 atom stereocenters. The molecule has 1 aliphatic rings. The molecule has 32 heavy (non-hydrogen) atoms. The molecule has 1 aromatic heterocycles. The van der Waals surface area contributed by atoms with E-state index in [0.717, 1.165) is 48.3 Å². The van der Waals surface area contributed by atoms with Gasteiger partial charge in [-0.2, -0.15) is 4.98 Å². The zero-order chi connectivity index (χ0) is 22.0. The summed E-state index contributed by atoms with van der Waals surface area (Å²) in [7, 11) is -3.69. The molecule has 5 rings (SSSR count). The normalized spacial score (nSPS) is 13.9. The summed E-state index contributed by atoms with van der Waals surface area (Å²) in [6.45, 7) is 1.96. The lowest BCUT2D eigenvalue weighted by atomic mass is 10.1. The Bertz CT molecular complexity index is 1350. The quantitative estimate of drug-likeness (QED) is 0.444. The number of nitrogens with zero attached hydrogens (tertiary/aromatic N) is 3. The highest BCUT2D eigenvalue weighted by Gasteiger charge is 2.16. The minimum absolute atomic E-state index is 0.230. The monoisotopic (exact) mass is 445 g/mol. The maximum Gasteiger partial charge on any atom is 0.261 e. The fourth-order valence-electron chi connectivity index (χ4n) is 3.81. The first kappa shape index (κ1) is 20.3. The molecule has 1 saturated heterocycles. The van der Waals surface area contributed by atoms with Crippen LogP contribution in [0, 0.1) is 0 Å². The van der Waals surface area contributed by atoms with Gasteiger partial charge >= 0.3 is 0 Å². The van der Waals surface area contributed by atoms with E-state index in [4.69, 9.17) is 0 Å². The van der Waals surface area contributed by atoms with Gasteiger partial charge in [-0.15, -0.1) is 0 Å². The number of aromatic nitrogens is 2. The van der Waals surface area contributed by atoms with E-state index in [1.54, 1.807) is 30.5 Å². The van der Waals surface area contributed by atoms with Gasteiger partial charge in [0.25, 0.3) is 10.0 Å². The second-order valence-electron chi connectivity index (χ2n) is 7.75. The van der Waals surface area contributed by atoms with Gasteiger partial charge in [-0.25, -0.2) is 13.4 Å². The molecule has 3 aromatic carbocycles. The van der Waals surface area contributed by atoms with Crippen molar-refractivity contribution in [2.24, 2.45) is 0 Å². The molecule has 0 unspecified atom stereocenters. The summed E-state index contributed by atoms with van der Waals surface area (Å²) in [5.41, 5.74) is 1.30. The van der Waals surface area contributed by atoms with E-state index in [2.05, 4.69) is 24.9 Å². The zero-order valence-electron chi connectivity index (χ0n) is 17.4. The average Bonchev–Trinajstić information content (AvgIpc) is 3.35. The molecule has 0 bridgehead atoms. The van der Waals surface area contributed by atoms with Crippen LogP contribution in [-0.2, 0) is 10.0 Å². The summed E-state index contributed by atoms with van der Waals surface area (Å²) in [5.74, 6) is 1.43. The van der Waals surface area contributed by atoms with E-state index < -0.39 is 10.0 Å². The third-order valence-corrected chi connectivity index (χ3v) is 6.85. The topological polar surface area (TPSA) is 87.2 Å². The standard InChI is InChI=1S/C24H23N5O2S/c30-32(31,22-12-7-18-5-1-2-6-19(18)17-22)28-21-10-8-20(9-11-21)26-23-13-14-25-24(27-23)29-15-3-4-16-29/h1-2,5-14,17,28H,3-4,15-16H2,(H,25,26,27). The number of nitrogens with one attached hydrogen (secondary N) is 2. The number of sulfonamides is 1. The first-order chi connectivity index (χ1) is 15.6. The predicted molar refractivity (Wildman–Crippen MR) is 128 cm³/mol. The molecular formula is C24H23N5O2S. The Morgan fingerprint density at radius 2 is 1.53 bits per heavy atom. The number of fused-ring (bicyclic) bond motifs is 1. The Kier molecular flexibility index (Phi) is 5.36. The van der Waals surface area contributed by atoms with Crippen LogP contribution in [0.15, 0.2) is 83.9 Å². The third-order valence-electron chi connectivity index (χ3n) is 5.47. The van der Waals surface area contributed by atoms with Crippen LogP contribution in [0.4, 0.5) is 23.1 Å². The van der Waals surface area contributed by atoms with Crippen LogP contribution in [0.2, 0.25) is 0 Å². The van der Waals surface area contributed by atoms with Crippen molar-refractivity contribution in [2.75, 3.05) is 28.0 Å². The van der Waals surface area contributed by atoms with Crippen molar-refractivity contribution in [1.29, 1.82) is 0 Å². The molecule has 0 radical (unpaired) electrons. The molecule has 2 N–H and O–H groups in total. The van der Waals surface area contributed by atoms with Gasteiger partial charge in [0, 0.05) is 30.7 Å². The summed E-state index contributed by atoms with van der Waals surface area (Å²) in [6, 6.07) is 21.7. The van der Waals surface area contributed by atoms with Gasteiger partial charge in [0.1, 0.15) is 5.82 Å². The first-order valence-corrected chi connectivity index (χ1v) is 12.0. The van der Waals surface area contributed by atoms with Crippen molar-refractivity contribution < 1.29 is 8.42 Å². The smallest absolute Gasteiger partial charge is 0.261 e. The number of rotatable bonds is 6. The minimum atomic E-state index is -3.69. The van der Waals surface area contributed by atoms with Gasteiger partial charge < -0.3 is 10.2 Å². The van der Waals surface area contributed by atoms with Crippen molar-refractivity contribution >= 4 is 43.9 Å². The molecule has 2 heterocycles. The molecule has 0 amide bonds. The Labute approximate surface area is 187 Å². The largest absolute Gasteiger partial charge is 0.341 e. The second-order valence-corrected chi connectivity index (χ2v) is 9.44. The maximum absolute atomic E-state index is 12.8. The molecule has 4 aromatic rings. The fourth-order valence-corrected chi connectivity index (χ4v) is 4.90. The SMILES string of the molecule is O=S(=O)(Nc1ccc(Nc2ccnc(N3CCCC3)n2)cc1)c1ccc2ccccc2c1. The Morgan fingerprint density at radius 3 is 2.31 bits per heavy atom. The molecule has 7 nitrogen and oxygen atoms in total. The maximum atomic E-state index is 12.8. The van der Waals surface area contributed by atoms with E-state index in [1.807, 2.05) is 48.5 Å². The van der Waals surface area contributed by atoms with Crippen LogP contribution in [-0.4, -0.2) is 31.5 Å². The molecule has 162 valence electrons. The van der Waals surface area contributed by atoms with Gasteiger partial charge in [0.05, 0.1) is 4.90 Å². The van der Waals surface area contributed by atoms with Crippen LogP contribution in [0.25, 0.3) is 10.8 Å². The number of anilines is 4. The van der Waals surface area contributed by atoms with Crippen LogP contribution in [0.3, 0.4) is 0 Å². The van der Waals surface area contributed by atoms with Gasteiger partial charge in [-0.3, -0.25) is 4.72 Å². The zero-order valence-corrected chi connectivity index (χ0v) is 18.2. The Balaban J connectivity index is 1.29. The molecule has 0 spiro atoms. The highest BCUT2D eigenvalue weighted by Crippen LogP contribution is 2.24. The molecule has 1 fully saturated rings. The minimum Gasteiger partial charge on any atom is -0.341 e. The van der Waals surface area contributed by atoms with Crippen LogP contribution < -0.4 is 14.9 Å². The summed E-state index contributed by atoms with van der Waals surface area (Å²) in [5, 5.41) is 5.14. The lowest BCUT2D eigenvalue weighted by Crippen LogP contribution is -2.20. The van der Waals surface area contributed by atoms with Crippen molar-refractivity contribution in [3.63, 3.8) is 0 Å². The molecule has 1 aliphatic heterocycles. The van der Waals surface area contributed by atoms with Gasteiger partial charge in [-0.1, -0.05) is 30.3 Å². The highest BCUT2D eigenvalue weighted by atomic mass is 32.2. The highest BCUT2D eigenvalue weighted by molar-refractivity contribution is 7.92. The first-order valence-electron chi connectivity index (χ1n) is 10.5. The van der Waals surface area contributed by atoms with Crippen LogP contribution >= 0.6 is 0 Å². The summed E-state index contributed by atoms with van der Waals surface area (Å²) in [4.78, 5) is 11.4. The summed E-state index contributed by atoms with van der Waals surface area (Å²) in [6.07, 6.45) is 4.07. The van der Waals surface area contributed by atoms with E-state index in [0.29, 0.717) is 11.5 Å². The molecule has 0 saturated carbocycles. The number of benzene rings is 3. The molecule has 0 aliphatic carbocycles. The van der Waals surface area contributed by atoms with E-state index in [1.165, 1.54) is 0 Å². The third kappa shape index (κ3) is 4.36. The molecular weight excluding hydrogens is 422 g/mol. The Hall–Kier alpha value is -3.65. The van der Waals surface area contributed by atoms with Crippen LogP contribution in [0.5, 0.6) is 0 Å². The van der Waals surface area contributed by atoms with Crippen molar-refractivity contribution in [3.05, 3.63) is 79.0 Å². The van der Waals surface area contributed by atoms with Gasteiger partial charge in [-0.05, 0) is 66.1 Å². The van der Waals surface area contributed by atoms with Gasteiger partial charge in [0.2, 0.25) is 5.95 Å². The van der Waals surface area contributed by atoms with Gasteiger partial charge in [0.15, 0.2) is 0 Å². The summed E-state index contributed by atoms with van der Waals surface area (Å²) < 4.78 is 28.3. The van der Waals surface area contributed by atoms with Crippen molar-refractivity contribution in [3.8, 4) is 0 Å². The lowest BCUT2D eigenvalue weighted by Gasteiger charge is -2.16. The van der Waals surface area contributed by atoms with Crippen LogP contribution in [0.1, 0.15) is 12.8 Å². The lowest BCUT2D eigenvalue weighted by molar-refractivity contribution is 0.601. The van der Waals surface area contributed by atoms with Crippen molar-refractivity contribution in [2.45, 2.75) is 17.7 Å².